The van der Waals surface area contributed by atoms with Crippen LogP contribution in [0.1, 0.15) is 23.2 Å². The second-order valence-corrected chi connectivity index (χ2v) is 8.58. The molecule has 0 saturated heterocycles. The van der Waals surface area contributed by atoms with Gasteiger partial charge in [0.1, 0.15) is 5.82 Å². The van der Waals surface area contributed by atoms with Crippen LogP contribution in [-0.4, -0.2) is 38.9 Å². The third-order valence-electron chi connectivity index (χ3n) is 6.33. The zero-order chi connectivity index (χ0) is 24.3. The van der Waals surface area contributed by atoms with Crippen molar-refractivity contribution in [2.75, 3.05) is 6.61 Å². The molecule has 0 spiro atoms. The third-order valence-corrected chi connectivity index (χ3v) is 6.33. The lowest BCUT2D eigenvalue weighted by atomic mass is 9.88. The minimum atomic E-state index is -4.47. The second-order valence-electron chi connectivity index (χ2n) is 8.58. The molecule has 4 unspecified atom stereocenters. The van der Waals surface area contributed by atoms with E-state index in [0.29, 0.717) is 25.1 Å². The normalized spacial score (nSPS) is 22.8. The standard InChI is InChI=1S/C25H25F4N3O2/c26-18-6-1-3-15(9-18)13-31-22-12-23(34)21(14-33)20(22)11-19-7-8-30-24(32-19)16-4-2-5-17(10-16)25(27,28)29/h1-10,20-23,31,33-34H,11-14H2. The van der Waals surface area contributed by atoms with Crippen LogP contribution in [0.25, 0.3) is 11.4 Å². The van der Waals surface area contributed by atoms with Crippen LogP contribution in [0.15, 0.2) is 60.8 Å². The van der Waals surface area contributed by atoms with Crippen LogP contribution in [-0.2, 0) is 19.1 Å². The number of hydrogen-bond acceptors (Lipinski definition) is 5. The van der Waals surface area contributed by atoms with E-state index in [1.54, 1.807) is 18.2 Å². The molecule has 4 rings (SSSR count). The smallest absolute Gasteiger partial charge is 0.396 e. The van der Waals surface area contributed by atoms with E-state index in [4.69, 9.17) is 0 Å². The summed E-state index contributed by atoms with van der Waals surface area (Å²) in [6, 6.07) is 12.6. The first-order valence-corrected chi connectivity index (χ1v) is 11.0. The van der Waals surface area contributed by atoms with Gasteiger partial charge in [0, 0.05) is 42.6 Å². The van der Waals surface area contributed by atoms with Gasteiger partial charge in [-0.3, -0.25) is 0 Å². The van der Waals surface area contributed by atoms with Gasteiger partial charge in [-0.05, 0) is 54.7 Å². The van der Waals surface area contributed by atoms with E-state index in [9.17, 15) is 27.8 Å². The maximum atomic E-state index is 13.5. The average Bonchev–Trinajstić information content (AvgIpc) is 3.11. The van der Waals surface area contributed by atoms with E-state index in [1.165, 1.54) is 30.5 Å². The Labute approximate surface area is 194 Å². The lowest BCUT2D eigenvalue weighted by Gasteiger charge is -2.25. The van der Waals surface area contributed by atoms with Crippen molar-refractivity contribution in [2.45, 2.75) is 37.7 Å². The SMILES string of the molecule is OCC1C(O)CC(NCc2cccc(F)c2)C1Cc1ccnc(-c2cccc(C(F)(F)F)c2)n1. The van der Waals surface area contributed by atoms with Gasteiger partial charge in [-0.25, -0.2) is 14.4 Å². The molecule has 9 heteroatoms. The molecule has 0 aliphatic heterocycles. The summed E-state index contributed by atoms with van der Waals surface area (Å²) in [4.78, 5) is 8.61. The van der Waals surface area contributed by atoms with Crippen LogP contribution in [0.3, 0.4) is 0 Å². The van der Waals surface area contributed by atoms with Crippen molar-refractivity contribution < 1.29 is 27.8 Å². The molecule has 4 atom stereocenters. The highest BCUT2D eigenvalue weighted by Crippen LogP contribution is 2.35. The quantitative estimate of drug-likeness (QED) is 0.451. The molecule has 0 radical (unpaired) electrons. The lowest BCUT2D eigenvalue weighted by Crippen LogP contribution is -2.36. The molecule has 0 bridgehead atoms. The topological polar surface area (TPSA) is 78.3 Å². The molecule has 1 aliphatic rings. The van der Waals surface area contributed by atoms with Crippen molar-refractivity contribution in [2.24, 2.45) is 11.8 Å². The van der Waals surface area contributed by atoms with Crippen LogP contribution in [0, 0.1) is 17.7 Å². The molecule has 180 valence electrons. The number of halogens is 4. The zero-order valence-corrected chi connectivity index (χ0v) is 18.2. The molecular formula is C25H25F4N3O2. The van der Waals surface area contributed by atoms with Gasteiger partial charge >= 0.3 is 6.18 Å². The highest BCUT2D eigenvalue weighted by Gasteiger charge is 2.42. The van der Waals surface area contributed by atoms with Gasteiger partial charge in [-0.1, -0.05) is 24.3 Å². The Kier molecular flexibility index (Phi) is 7.25. The Balaban J connectivity index is 1.53. The van der Waals surface area contributed by atoms with Gasteiger partial charge < -0.3 is 15.5 Å². The molecule has 34 heavy (non-hydrogen) atoms. The summed E-state index contributed by atoms with van der Waals surface area (Å²) in [5.41, 5.74) is 0.828. The number of aliphatic hydroxyl groups is 2. The van der Waals surface area contributed by atoms with E-state index >= 15 is 0 Å². The fourth-order valence-electron chi connectivity index (χ4n) is 4.60. The predicted molar refractivity (Wildman–Crippen MR) is 118 cm³/mol. The van der Waals surface area contributed by atoms with Gasteiger partial charge in [0.2, 0.25) is 0 Å². The van der Waals surface area contributed by atoms with Crippen LogP contribution in [0.4, 0.5) is 17.6 Å². The molecule has 1 aromatic heterocycles. The molecule has 5 nitrogen and oxygen atoms in total. The average molecular weight is 475 g/mol. The van der Waals surface area contributed by atoms with E-state index in [1.807, 2.05) is 0 Å². The summed E-state index contributed by atoms with van der Waals surface area (Å²) in [5, 5.41) is 23.7. The van der Waals surface area contributed by atoms with E-state index in [2.05, 4.69) is 15.3 Å². The number of benzene rings is 2. The Morgan fingerprint density at radius 2 is 1.82 bits per heavy atom. The van der Waals surface area contributed by atoms with Gasteiger partial charge in [0.05, 0.1) is 11.7 Å². The number of aromatic nitrogens is 2. The molecule has 0 amide bonds. The maximum absolute atomic E-state index is 13.5. The van der Waals surface area contributed by atoms with Crippen LogP contribution >= 0.6 is 0 Å². The Morgan fingerprint density at radius 3 is 2.56 bits per heavy atom. The highest BCUT2D eigenvalue weighted by atomic mass is 19.4. The monoisotopic (exact) mass is 475 g/mol. The van der Waals surface area contributed by atoms with Crippen molar-refractivity contribution in [3.8, 4) is 11.4 Å². The molecule has 1 aliphatic carbocycles. The number of hydrogen-bond donors (Lipinski definition) is 3. The summed E-state index contributed by atoms with van der Waals surface area (Å²) in [7, 11) is 0. The second kappa shape index (κ2) is 10.2. The Bertz CT molecular complexity index is 1130. The fourth-order valence-corrected chi connectivity index (χ4v) is 4.60. The van der Waals surface area contributed by atoms with Gasteiger partial charge in [0.15, 0.2) is 5.82 Å². The van der Waals surface area contributed by atoms with Crippen molar-refractivity contribution in [3.05, 3.63) is 83.4 Å². The van der Waals surface area contributed by atoms with Crippen molar-refractivity contribution in [3.63, 3.8) is 0 Å². The molecule has 2 aromatic carbocycles. The van der Waals surface area contributed by atoms with Gasteiger partial charge in [-0.15, -0.1) is 0 Å². The van der Waals surface area contributed by atoms with E-state index in [0.717, 1.165) is 17.7 Å². The Morgan fingerprint density at radius 1 is 1.03 bits per heavy atom. The first-order chi connectivity index (χ1) is 16.2. The van der Waals surface area contributed by atoms with Crippen molar-refractivity contribution >= 4 is 0 Å². The summed E-state index contributed by atoms with van der Waals surface area (Å²) in [5.74, 6) is -0.736. The number of nitrogens with zero attached hydrogens (tertiary/aromatic N) is 2. The summed E-state index contributed by atoms with van der Waals surface area (Å²) in [6.45, 7) is 0.179. The number of rotatable bonds is 7. The predicted octanol–water partition coefficient (Wildman–Crippen LogP) is 3.99. The summed E-state index contributed by atoms with van der Waals surface area (Å²) >= 11 is 0. The molecule has 1 heterocycles. The first-order valence-electron chi connectivity index (χ1n) is 11.0. The number of nitrogens with one attached hydrogen (secondary N) is 1. The third kappa shape index (κ3) is 5.60. The highest BCUT2D eigenvalue weighted by molar-refractivity contribution is 5.56. The summed E-state index contributed by atoms with van der Waals surface area (Å²) < 4.78 is 52.8. The molecular weight excluding hydrogens is 450 g/mol. The van der Waals surface area contributed by atoms with Crippen LogP contribution in [0.2, 0.25) is 0 Å². The van der Waals surface area contributed by atoms with Crippen molar-refractivity contribution in [1.29, 1.82) is 0 Å². The number of alkyl halides is 3. The fraction of sp³-hybridized carbons (Fsp3) is 0.360. The van der Waals surface area contributed by atoms with Crippen molar-refractivity contribution in [1.82, 2.24) is 15.3 Å². The molecule has 1 fully saturated rings. The lowest BCUT2D eigenvalue weighted by molar-refractivity contribution is -0.137. The Hall–Kier alpha value is -2.88. The minimum absolute atomic E-state index is 0.164. The molecule has 1 saturated carbocycles. The summed E-state index contributed by atoms with van der Waals surface area (Å²) in [6.07, 6.45) is -2.90. The first kappa shape index (κ1) is 24.3. The van der Waals surface area contributed by atoms with Crippen LogP contribution < -0.4 is 5.32 Å². The van der Waals surface area contributed by atoms with Gasteiger partial charge in [-0.2, -0.15) is 13.2 Å². The zero-order valence-electron chi connectivity index (χ0n) is 18.2. The van der Waals surface area contributed by atoms with Crippen LogP contribution in [0.5, 0.6) is 0 Å². The van der Waals surface area contributed by atoms with Gasteiger partial charge in [0.25, 0.3) is 0 Å². The largest absolute Gasteiger partial charge is 0.416 e. The number of aliphatic hydroxyl groups excluding tert-OH is 2. The minimum Gasteiger partial charge on any atom is -0.396 e. The molecule has 3 N–H and O–H groups in total. The van der Waals surface area contributed by atoms with E-state index in [-0.39, 0.29) is 35.8 Å². The molecule has 3 aromatic rings. The maximum Gasteiger partial charge on any atom is 0.416 e. The van der Waals surface area contributed by atoms with E-state index < -0.39 is 23.8 Å².